The molecule has 2 aromatic heterocycles. The summed E-state index contributed by atoms with van der Waals surface area (Å²) in [6.45, 7) is 2.47. The van der Waals surface area contributed by atoms with Crippen molar-refractivity contribution in [3.63, 3.8) is 0 Å². The van der Waals surface area contributed by atoms with Gasteiger partial charge in [-0.25, -0.2) is 4.98 Å². The molecule has 0 aliphatic carbocycles. The van der Waals surface area contributed by atoms with Gasteiger partial charge in [-0.1, -0.05) is 0 Å². The van der Waals surface area contributed by atoms with E-state index in [1.54, 1.807) is 23.7 Å². The number of amides is 1. The van der Waals surface area contributed by atoms with Crippen LogP contribution in [0.2, 0.25) is 0 Å². The average Bonchev–Trinajstić information content (AvgIpc) is 3.14. The van der Waals surface area contributed by atoms with Gasteiger partial charge in [0.25, 0.3) is 5.91 Å². The Labute approximate surface area is 129 Å². The molecular weight excluding hydrogens is 278 g/mol. The highest BCUT2D eigenvalue weighted by atomic mass is 16.2. The summed E-state index contributed by atoms with van der Waals surface area (Å²) < 4.78 is 1.75. The van der Waals surface area contributed by atoms with Gasteiger partial charge in [0, 0.05) is 25.4 Å². The number of aromatic nitrogens is 3. The molecule has 0 aromatic carbocycles. The van der Waals surface area contributed by atoms with Crippen molar-refractivity contribution < 1.29 is 4.79 Å². The molecule has 0 saturated carbocycles. The smallest absolute Gasteiger partial charge is 0.272 e. The zero-order valence-corrected chi connectivity index (χ0v) is 12.7. The molecule has 0 spiro atoms. The highest BCUT2D eigenvalue weighted by Gasteiger charge is 2.32. The first-order chi connectivity index (χ1) is 10.6. The average molecular weight is 295 g/mol. The first-order valence-electron chi connectivity index (χ1n) is 7.27. The van der Waals surface area contributed by atoms with Crippen molar-refractivity contribution in [3.05, 3.63) is 47.0 Å². The van der Waals surface area contributed by atoms with Crippen LogP contribution < -0.4 is 0 Å². The van der Waals surface area contributed by atoms with E-state index in [-0.39, 0.29) is 11.9 Å². The first-order valence-corrected chi connectivity index (χ1v) is 7.27. The van der Waals surface area contributed by atoms with E-state index in [1.807, 2.05) is 24.3 Å². The quantitative estimate of drug-likeness (QED) is 0.849. The Kier molecular flexibility index (Phi) is 3.63. The molecule has 6 nitrogen and oxygen atoms in total. The van der Waals surface area contributed by atoms with Crippen molar-refractivity contribution in [3.8, 4) is 6.07 Å². The minimum Gasteiger partial charge on any atom is -0.330 e. The molecule has 6 heteroatoms. The number of nitrogens with zero attached hydrogens (tertiary/aromatic N) is 5. The molecule has 0 unspecified atom stereocenters. The van der Waals surface area contributed by atoms with E-state index in [9.17, 15) is 4.79 Å². The van der Waals surface area contributed by atoms with Crippen molar-refractivity contribution in [1.29, 1.82) is 5.26 Å². The molecule has 0 radical (unpaired) electrons. The summed E-state index contributed by atoms with van der Waals surface area (Å²) in [5.41, 5.74) is 2.54. The van der Waals surface area contributed by atoms with Crippen LogP contribution in [0.4, 0.5) is 0 Å². The Morgan fingerprint density at radius 1 is 1.45 bits per heavy atom. The standard InChI is InChI=1S/C16H17N5O/c1-11-12(8-17)5-6-14(19-11)16(22)21-7-3-4-15(21)13-9-18-20(2)10-13/h5-6,9-10,15H,3-4,7H2,1-2H3/t15-/m1/s1. The minimum atomic E-state index is -0.0843. The zero-order valence-electron chi connectivity index (χ0n) is 12.7. The molecule has 1 aliphatic heterocycles. The lowest BCUT2D eigenvalue weighted by atomic mass is 10.1. The third kappa shape index (κ3) is 2.46. The predicted octanol–water partition coefficient (Wildman–Crippen LogP) is 1.97. The Hall–Kier alpha value is -2.68. The van der Waals surface area contributed by atoms with Crippen molar-refractivity contribution >= 4 is 5.91 Å². The second kappa shape index (κ2) is 5.60. The molecule has 0 bridgehead atoms. The predicted molar refractivity (Wildman–Crippen MR) is 79.9 cm³/mol. The first kappa shape index (κ1) is 14.3. The molecule has 1 saturated heterocycles. The van der Waals surface area contributed by atoms with Crippen LogP contribution in [0, 0.1) is 18.3 Å². The Morgan fingerprint density at radius 3 is 2.91 bits per heavy atom. The van der Waals surface area contributed by atoms with E-state index < -0.39 is 0 Å². The number of carbonyl (C=O) groups is 1. The molecule has 2 aromatic rings. The SMILES string of the molecule is Cc1nc(C(=O)N2CCC[C@@H]2c2cnn(C)c2)ccc1C#N. The van der Waals surface area contributed by atoms with Gasteiger partial charge >= 0.3 is 0 Å². The van der Waals surface area contributed by atoms with Gasteiger partial charge in [-0.05, 0) is 31.9 Å². The maximum absolute atomic E-state index is 12.7. The lowest BCUT2D eigenvalue weighted by molar-refractivity contribution is 0.0729. The van der Waals surface area contributed by atoms with Gasteiger partial charge in [-0.2, -0.15) is 10.4 Å². The molecule has 3 heterocycles. The highest BCUT2D eigenvalue weighted by molar-refractivity contribution is 5.93. The molecule has 112 valence electrons. The van der Waals surface area contributed by atoms with E-state index in [4.69, 9.17) is 5.26 Å². The van der Waals surface area contributed by atoms with E-state index in [0.717, 1.165) is 24.9 Å². The number of likely N-dealkylation sites (tertiary alicyclic amines) is 1. The molecule has 1 fully saturated rings. The van der Waals surface area contributed by atoms with Crippen molar-refractivity contribution in [2.24, 2.45) is 7.05 Å². The van der Waals surface area contributed by atoms with Gasteiger partial charge in [0.1, 0.15) is 11.8 Å². The van der Waals surface area contributed by atoms with Gasteiger partial charge in [-0.15, -0.1) is 0 Å². The normalized spacial score (nSPS) is 17.5. The molecule has 1 amide bonds. The largest absolute Gasteiger partial charge is 0.330 e. The lowest BCUT2D eigenvalue weighted by Gasteiger charge is -2.23. The van der Waals surface area contributed by atoms with E-state index in [1.165, 1.54) is 0 Å². The fourth-order valence-electron chi connectivity index (χ4n) is 2.91. The van der Waals surface area contributed by atoms with Gasteiger partial charge < -0.3 is 4.90 Å². The van der Waals surface area contributed by atoms with Crippen LogP contribution in [0.15, 0.2) is 24.5 Å². The number of pyridine rings is 1. The van der Waals surface area contributed by atoms with Gasteiger partial charge in [-0.3, -0.25) is 9.48 Å². The van der Waals surface area contributed by atoms with E-state index in [2.05, 4.69) is 16.2 Å². The Bertz CT molecular complexity index is 758. The third-order valence-corrected chi connectivity index (χ3v) is 4.05. The van der Waals surface area contributed by atoms with Crippen LogP contribution in [-0.4, -0.2) is 32.1 Å². The van der Waals surface area contributed by atoms with Crippen LogP contribution in [0.5, 0.6) is 0 Å². The molecular formula is C16H17N5O. The van der Waals surface area contributed by atoms with Crippen LogP contribution in [0.3, 0.4) is 0 Å². The lowest BCUT2D eigenvalue weighted by Crippen LogP contribution is -2.31. The summed E-state index contributed by atoms with van der Waals surface area (Å²) in [5, 5.41) is 13.1. The topological polar surface area (TPSA) is 74.8 Å². The van der Waals surface area contributed by atoms with Gasteiger partial charge in [0.05, 0.1) is 23.5 Å². The summed E-state index contributed by atoms with van der Waals surface area (Å²) in [7, 11) is 1.87. The number of hydrogen-bond donors (Lipinski definition) is 0. The zero-order chi connectivity index (χ0) is 15.7. The Balaban J connectivity index is 1.88. The second-order valence-corrected chi connectivity index (χ2v) is 5.55. The minimum absolute atomic E-state index is 0.0546. The van der Waals surface area contributed by atoms with Crippen molar-refractivity contribution in [2.75, 3.05) is 6.54 Å². The fourth-order valence-corrected chi connectivity index (χ4v) is 2.91. The number of aryl methyl sites for hydroxylation is 2. The summed E-state index contributed by atoms with van der Waals surface area (Å²) in [5.74, 6) is -0.0843. The van der Waals surface area contributed by atoms with Crippen molar-refractivity contribution in [2.45, 2.75) is 25.8 Å². The molecule has 22 heavy (non-hydrogen) atoms. The second-order valence-electron chi connectivity index (χ2n) is 5.55. The van der Waals surface area contributed by atoms with E-state index >= 15 is 0 Å². The maximum Gasteiger partial charge on any atom is 0.272 e. The van der Waals surface area contributed by atoms with Crippen LogP contribution in [-0.2, 0) is 7.05 Å². The number of hydrogen-bond acceptors (Lipinski definition) is 4. The monoisotopic (exact) mass is 295 g/mol. The van der Waals surface area contributed by atoms with Crippen LogP contribution in [0.1, 0.15) is 46.2 Å². The summed E-state index contributed by atoms with van der Waals surface area (Å²) in [4.78, 5) is 18.9. The number of carbonyl (C=O) groups excluding carboxylic acids is 1. The number of rotatable bonds is 2. The molecule has 3 rings (SSSR count). The molecule has 0 N–H and O–H groups in total. The van der Waals surface area contributed by atoms with Gasteiger partial charge in [0.15, 0.2) is 0 Å². The number of nitriles is 1. The maximum atomic E-state index is 12.7. The summed E-state index contributed by atoms with van der Waals surface area (Å²) in [6.07, 6.45) is 5.68. The highest BCUT2D eigenvalue weighted by Crippen LogP contribution is 2.32. The molecule has 1 atom stereocenters. The molecule has 1 aliphatic rings. The fraction of sp³-hybridized carbons (Fsp3) is 0.375. The van der Waals surface area contributed by atoms with Crippen molar-refractivity contribution in [1.82, 2.24) is 19.7 Å². The summed E-state index contributed by atoms with van der Waals surface area (Å²) >= 11 is 0. The van der Waals surface area contributed by atoms with Gasteiger partial charge in [0.2, 0.25) is 0 Å². The Morgan fingerprint density at radius 2 is 2.27 bits per heavy atom. The van der Waals surface area contributed by atoms with E-state index in [0.29, 0.717) is 17.0 Å². The third-order valence-electron chi connectivity index (χ3n) is 4.05. The van der Waals surface area contributed by atoms with Crippen LogP contribution in [0.25, 0.3) is 0 Å². The summed E-state index contributed by atoms with van der Waals surface area (Å²) in [6, 6.07) is 5.41. The van der Waals surface area contributed by atoms with Crippen LogP contribution >= 0.6 is 0 Å².